The first-order valence-electron chi connectivity index (χ1n) is 4.44. The van der Waals surface area contributed by atoms with Crippen molar-refractivity contribution in [3.63, 3.8) is 0 Å². The lowest BCUT2D eigenvalue weighted by Gasteiger charge is -2.32. The first-order valence-corrected chi connectivity index (χ1v) is 6.96. The summed E-state index contributed by atoms with van der Waals surface area (Å²) in [5, 5.41) is 0. The molecule has 0 N–H and O–H groups in total. The molecule has 1 saturated heterocycles. The number of hydrogen-bond acceptors (Lipinski definition) is 2. The van der Waals surface area contributed by atoms with E-state index in [1.54, 1.807) is 0 Å². The van der Waals surface area contributed by atoms with Crippen molar-refractivity contribution in [2.45, 2.75) is 45.4 Å². The highest BCUT2D eigenvalue weighted by atomic mass is 28.4. The van der Waals surface area contributed by atoms with Crippen molar-refractivity contribution in [1.82, 2.24) is 0 Å². The van der Waals surface area contributed by atoms with Crippen LogP contribution in [0.15, 0.2) is 0 Å². The molecule has 1 unspecified atom stereocenters. The Morgan fingerprint density at radius 1 is 1.36 bits per heavy atom. The highest BCUT2D eigenvalue weighted by Gasteiger charge is 2.34. The molecule has 1 atom stereocenters. The van der Waals surface area contributed by atoms with Crippen molar-refractivity contribution in [1.29, 1.82) is 0 Å². The van der Waals surface area contributed by atoms with Crippen LogP contribution in [0.4, 0.5) is 0 Å². The van der Waals surface area contributed by atoms with Crippen LogP contribution in [0, 0.1) is 0 Å². The monoisotopic (exact) mass is 174 g/mol. The Hall–Kier alpha value is 0.137. The Balaban J connectivity index is 2.37. The maximum Gasteiger partial charge on any atom is 0.335 e. The van der Waals surface area contributed by atoms with Crippen molar-refractivity contribution < 1.29 is 8.85 Å². The Bertz CT molecular complexity index is 119. The van der Waals surface area contributed by atoms with E-state index in [0.29, 0.717) is 6.10 Å². The SMILES string of the molecule is CC(C)O[Si]1(C)CCCCO1. The largest absolute Gasteiger partial charge is 0.394 e. The first-order chi connectivity index (χ1) is 5.12. The summed E-state index contributed by atoms with van der Waals surface area (Å²) >= 11 is 0. The molecule has 11 heavy (non-hydrogen) atoms. The molecule has 0 bridgehead atoms. The van der Waals surface area contributed by atoms with E-state index in [-0.39, 0.29) is 0 Å². The predicted molar refractivity (Wildman–Crippen MR) is 47.8 cm³/mol. The van der Waals surface area contributed by atoms with Gasteiger partial charge in [-0.25, -0.2) is 0 Å². The van der Waals surface area contributed by atoms with Gasteiger partial charge in [0.05, 0.1) is 0 Å². The third-order valence-corrected chi connectivity index (χ3v) is 4.96. The van der Waals surface area contributed by atoms with Crippen LogP contribution >= 0.6 is 0 Å². The average Bonchev–Trinajstić information content (AvgIpc) is 1.85. The second-order valence-electron chi connectivity index (χ2n) is 3.61. The van der Waals surface area contributed by atoms with Gasteiger partial charge in [0.15, 0.2) is 0 Å². The maximum atomic E-state index is 5.80. The van der Waals surface area contributed by atoms with Crippen LogP contribution in [-0.2, 0) is 8.85 Å². The summed E-state index contributed by atoms with van der Waals surface area (Å²) in [6, 6.07) is 1.17. The molecule has 0 amide bonds. The molecule has 0 saturated carbocycles. The first kappa shape index (κ1) is 9.23. The third kappa shape index (κ3) is 2.93. The molecule has 0 spiro atoms. The number of rotatable bonds is 2. The summed E-state index contributed by atoms with van der Waals surface area (Å²) in [5.74, 6) is 0. The molecule has 1 heterocycles. The summed E-state index contributed by atoms with van der Waals surface area (Å²) < 4.78 is 11.5. The van der Waals surface area contributed by atoms with Gasteiger partial charge < -0.3 is 8.85 Å². The van der Waals surface area contributed by atoms with Crippen LogP contribution in [0.5, 0.6) is 0 Å². The average molecular weight is 174 g/mol. The Morgan fingerprint density at radius 2 is 2.09 bits per heavy atom. The Kier molecular flexibility index (Phi) is 3.10. The second kappa shape index (κ2) is 3.69. The maximum absolute atomic E-state index is 5.80. The smallest absolute Gasteiger partial charge is 0.335 e. The molecular formula is C8H18O2Si. The van der Waals surface area contributed by atoms with Gasteiger partial charge in [0, 0.05) is 12.7 Å². The van der Waals surface area contributed by atoms with Crippen molar-refractivity contribution in [3.8, 4) is 0 Å². The molecule has 1 aliphatic rings. The van der Waals surface area contributed by atoms with E-state index in [0.717, 1.165) is 6.61 Å². The van der Waals surface area contributed by atoms with E-state index in [2.05, 4.69) is 20.4 Å². The second-order valence-corrected chi connectivity index (χ2v) is 6.90. The zero-order valence-electron chi connectivity index (χ0n) is 7.72. The van der Waals surface area contributed by atoms with Crippen LogP contribution in [-0.4, -0.2) is 21.3 Å². The number of hydrogen-bond donors (Lipinski definition) is 0. The van der Waals surface area contributed by atoms with Crippen LogP contribution in [0.1, 0.15) is 26.7 Å². The molecule has 0 radical (unpaired) electrons. The van der Waals surface area contributed by atoms with E-state index in [1.165, 1.54) is 18.9 Å². The lowest BCUT2D eigenvalue weighted by Crippen LogP contribution is -2.43. The van der Waals surface area contributed by atoms with Crippen LogP contribution in [0.3, 0.4) is 0 Å². The van der Waals surface area contributed by atoms with Gasteiger partial charge in [-0.05, 0) is 39.3 Å². The summed E-state index contributed by atoms with van der Waals surface area (Å²) in [6.07, 6.45) is 2.82. The van der Waals surface area contributed by atoms with Crippen molar-refractivity contribution >= 4 is 8.56 Å². The van der Waals surface area contributed by atoms with E-state index >= 15 is 0 Å². The topological polar surface area (TPSA) is 18.5 Å². The minimum atomic E-state index is -1.70. The lowest BCUT2D eigenvalue weighted by atomic mass is 10.4. The third-order valence-electron chi connectivity index (χ3n) is 1.92. The van der Waals surface area contributed by atoms with Crippen LogP contribution in [0.25, 0.3) is 0 Å². The van der Waals surface area contributed by atoms with E-state index < -0.39 is 8.56 Å². The minimum Gasteiger partial charge on any atom is -0.394 e. The van der Waals surface area contributed by atoms with Gasteiger partial charge in [0.25, 0.3) is 0 Å². The molecule has 0 aromatic heterocycles. The van der Waals surface area contributed by atoms with Gasteiger partial charge in [-0.15, -0.1) is 0 Å². The standard InChI is InChI=1S/C8H18O2Si/c1-8(2)10-11(3)7-5-4-6-9-11/h8H,4-7H2,1-3H3. The molecule has 1 aliphatic heterocycles. The Morgan fingerprint density at radius 3 is 2.55 bits per heavy atom. The van der Waals surface area contributed by atoms with Crippen molar-refractivity contribution in [2.75, 3.05) is 6.61 Å². The summed E-state index contributed by atoms with van der Waals surface area (Å²) in [5.41, 5.74) is 0. The van der Waals surface area contributed by atoms with Crippen LogP contribution < -0.4 is 0 Å². The lowest BCUT2D eigenvalue weighted by molar-refractivity contribution is 0.122. The fourth-order valence-electron chi connectivity index (χ4n) is 1.50. The summed E-state index contributed by atoms with van der Waals surface area (Å²) in [4.78, 5) is 0. The molecule has 0 aliphatic carbocycles. The van der Waals surface area contributed by atoms with E-state index in [4.69, 9.17) is 8.85 Å². The molecule has 3 heteroatoms. The highest BCUT2D eigenvalue weighted by molar-refractivity contribution is 6.66. The Labute approximate surface area is 70.1 Å². The van der Waals surface area contributed by atoms with E-state index in [1.807, 2.05) is 0 Å². The van der Waals surface area contributed by atoms with Gasteiger partial charge in [0.1, 0.15) is 0 Å². The molecular weight excluding hydrogens is 156 g/mol. The molecule has 66 valence electrons. The van der Waals surface area contributed by atoms with Gasteiger partial charge in [0.2, 0.25) is 0 Å². The molecule has 2 nitrogen and oxygen atoms in total. The fraction of sp³-hybridized carbons (Fsp3) is 1.00. The normalized spacial score (nSPS) is 32.7. The predicted octanol–water partition coefficient (Wildman–Crippen LogP) is 2.29. The quantitative estimate of drug-likeness (QED) is 0.598. The molecule has 0 aromatic carbocycles. The molecule has 1 rings (SSSR count). The summed E-state index contributed by atoms with van der Waals surface area (Å²) in [6.45, 7) is 7.24. The fourth-order valence-corrected chi connectivity index (χ4v) is 4.30. The van der Waals surface area contributed by atoms with Crippen molar-refractivity contribution in [2.24, 2.45) is 0 Å². The van der Waals surface area contributed by atoms with E-state index in [9.17, 15) is 0 Å². The van der Waals surface area contributed by atoms with Gasteiger partial charge in [-0.2, -0.15) is 0 Å². The molecule has 1 fully saturated rings. The van der Waals surface area contributed by atoms with Gasteiger partial charge >= 0.3 is 8.56 Å². The van der Waals surface area contributed by atoms with Crippen molar-refractivity contribution in [3.05, 3.63) is 0 Å². The zero-order valence-corrected chi connectivity index (χ0v) is 8.72. The summed E-state index contributed by atoms with van der Waals surface area (Å²) in [7, 11) is -1.70. The zero-order chi connectivity index (χ0) is 8.32. The minimum absolute atomic E-state index is 0.324. The van der Waals surface area contributed by atoms with Crippen LogP contribution in [0.2, 0.25) is 12.6 Å². The highest BCUT2D eigenvalue weighted by Crippen LogP contribution is 2.23. The van der Waals surface area contributed by atoms with Gasteiger partial charge in [-0.1, -0.05) is 0 Å². The molecule has 0 aromatic rings. The van der Waals surface area contributed by atoms with Gasteiger partial charge in [-0.3, -0.25) is 0 Å².